The monoisotopic (exact) mass is 311 g/mol. The Bertz CT molecular complexity index is 526. The van der Waals surface area contributed by atoms with E-state index >= 15 is 0 Å². The van der Waals surface area contributed by atoms with Crippen molar-refractivity contribution in [1.29, 1.82) is 0 Å². The van der Waals surface area contributed by atoms with Crippen molar-refractivity contribution in [3.63, 3.8) is 0 Å². The second-order valence-corrected chi connectivity index (χ2v) is 5.14. The number of hydrogen-bond donors (Lipinski definition) is 3. The van der Waals surface area contributed by atoms with Gasteiger partial charge in [-0.25, -0.2) is 9.59 Å². The van der Waals surface area contributed by atoms with Crippen molar-refractivity contribution >= 4 is 23.5 Å². The quantitative estimate of drug-likeness (QED) is 0.730. The van der Waals surface area contributed by atoms with Gasteiger partial charge in [0.15, 0.2) is 0 Å². The highest BCUT2D eigenvalue weighted by Crippen LogP contribution is 2.25. The summed E-state index contributed by atoms with van der Waals surface area (Å²) >= 11 is 5.97. The molecule has 0 radical (unpaired) electrons. The molecule has 0 spiro atoms. The standard InChI is InChI=1S/C11H14ClN.C4H4O4/c1-8-7-13-5-4-9-2-3-10(12)6-11(8)9;5-3(6)1-2-4(7)8/h2-3,6,8,13H,4-5,7H2,1H3;1-2H,(H,5,6)(H,7,8)/b;2-1+/t8-;/m0./s1. The molecule has 114 valence electrons. The zero-order valence-corrected chi connectivity index (χ0v) is 12.4. The third kappa shape index (κ3) is 6.42. The molecule has 0 unspecified atom stereocenters. The molecule has 3 N–H and O–H groups in total. The van der Waals surface area contributed by atoms with Gasteiger partial charge in [-0.2, -0.15) is 0 Å². The summed E-state index contributed by atoms with van der Waals surface area (Å²) in [4.78, 5) is 19.1. The normalized spacial score (nSPS) is 17.3. The molecule has 0 aromatic heterocycles. The van der Waals surface area contributed by atoms with Gasteiger partial charge in [0.1, 0.15) is 0 Å². The average Bonchev–Trinajstić information content (AvgIpc) is 2.60. The second kappa shape index (κ2) is 8.44. The highest BCUT2D eigenvalue weighted by molar-refractivity contribution is 6.30. The number of rotatable bonds is 2. The highest BCUT2D eigenvalue weighted by atomic mass is 35.5. The first-order chi connectivity index (χ1) is 9.90. The summed E-state index contributed by atoms with van der Waals surface area (Å²) in [5, 5.41) is 19.9. The second-order valence-electron chi connectivity index (χ2n) is 4.71. The van der Waals surface area contributed by atoms with Gasteiger partial charge in [0.05, 0.1) is 0 Å². The molecule has 0 amide bonds. The number of carbonyl (C=O) groups is 2. The number of benzene rings is 1. The Hall–Kier alpha value is -1.85. The van der Waals surface area contributed by atoms with E-state index in [0.717, 1.165) is 24.5 Å². The SMILES string of the molecule is C[C@H]1CNCCc2ccc(Cl)cc21.O=C(O)/C=C/C(=O)O. The van der Waals surface area contributed by atoms with E-state index in [4.69, 9.17) is 21.8 Å². The summed E-state index contributed by atoms with van der Waals surface area (Å²) in [6.07, 6.45) is 2.24. The Morgan fingerprint density at radius 1 is 1.29 bits per heavy atom. The fraction of sp³-hybridized carbons (Fsp3) is 0.333. The molecule has 1 aliphatic heterocycles. The van der Waals surface area contributed by atoms with Crippen LogP contribution in [0.2, 0.25) is 5.02 Å². The number of halogens is 1. The predicted octanol–water partition coefficient (Wildman–Crippen LogP) is 2.30. The van der Waals surface area contributed by atoms with Crippen molar-refractivity contribution in [1.82, 2.24) is 5.32 Å². The Labute approximate surface area is 128 Å². The fourth-order valence-corrected chi connectivity index (χ4v) is 2.23. The maximum atomic E-state index is 9.55. The lowest BCUT2D eigenvalue weighted by Gasteiger charge is -2.11. The van der Waals surface area contributed by atoms with Crippen molar-refractivity contribution in [2.24, 2.45) is 0 Å². The topological polar surface area (TPSA) is 86.6 Å². The Morgan fingerprint density at radius 2 is 1.90 bits per heavy atom. The molecule has 1 heterocycles. The minimum atomic E-state index is -1.26. The zero-order valence-electron chi connectivity index (χ0n) is 11.7. The van der Waals surface area contributed by atoms with Crippen LogP contribution in [-0.4, -0.2) is 35.2 Å². The predicted molar refractivity (Wildman–Crippen MR) is 80.9 cm³/mol. The van der Waals surface area contributed by atoms with Gasteiger partial charge in [-0.05, 0) is 42.1 Å². The number of nitrogens with one attached hydrogen (secondary N) is 1. The van der Waals surface area contributed by atoms with Gasteiger partial charge in [0, 0.05) is 23.7 Å². The van der Waals surface area contributed by atoms with E-state index in [-0.39, 0.29) is 0 Å². The number of fused-ring (bicyclic) bond motifs is 1. The van der Waals surface area contributed by atoms with Gasteiger partial charge in [-0.3, -0.25) is 0 Å². The molecule has 1 aromatic carbocycles. The third-order valence-corrected chi connectivity index (χ3v) is 3.26. The van der Waals surface area contributed by atoms with E-state index in [2.05, 4.69) is 24.4 Å². The first-order valence-electron chi connectivity index (χ1n) is 6.53. The summed E-state index contributed by atoms with van der Waals surface area (Å²) in [7, 11) is 0. The van der Waals surface area contributed by atoms with E-state index in [0.29, 0.717) is 18.1 Å². The summed E-state index contributed by atoms with van der Waals surface area (Å²) in [6.45, 7) is 4.39. The number of carboxylic acids is 2. The first-order valence-corrected chi connectivity index (χ1v) is 6.91. The van der Waals surface area contributed by atoms with Crippen LogP contribution in [0.5, 0.6) is 0 Å². The lowest BCUT2D eigenvalue weighted by atomic mass is 9.96. The van der Waals surface area contributed by atoms with Gasteiger partial charge in [0.2, 0.25) is 0 Å². The minimum absolute atomic E-state index is 0.558. The maximum Gasteiger partial charge on any atom is 0.328 e. The van der Waals surface area contributed by atoms with Crippen LogP contribution in [0.15, 0.2) is 30.4 Å². The molecule has 0 fully saturated rings. The van der Waals surface area contributed by atoms with Gasteiger partial charge < -0.3 is 15.5 Å². The van der Waals surface area contributed by atoms with E-state index < -0.39 is 11.9 Å². The van der Waals surface area contributed by atoms with E-state index in [9.17, 15) is 9.59 Å². The maximum absolute atomic E-state index is 9.55. The van der Waals surface area contributed by atoms with Crippen LogP contribution in [0, 0.1) is 0 Å². The number of carboxylic acid groups (broad SMARTS) is 2. The molecule has 0 saturated heterocycles. The van der Waals surface area contributed by atoms with Gasteiger partial charge in [-0.1, -0.05) is 24.6 Å². The van der Waals surface area contributed by atoms with Crippen LogP contribution >= 0.6 is 11.6 Å². The summed E-state index contributed by atoms with van der Waals surface area (Å²) < 4.78 is 0. The molecule has 0 bridgehead atoms. The molecule has 0 saturated carbocycles. The fourth-order valence-electron chi connectivity index (χ4n) is 2.05. The van der Waals surface area contributed by atoms with E-state index in [1.54, 1.807) is 0 Å². The molecule has 1 aliphatic rings. The molecule has 21 heavy (non-hydrogen) atoms. The molecule has 5 nitrogen and oxygen atoms in total. The van der Waals surface area contributed by atoms with Crippen LogP contribution in [-0.2, 0) is 16.0 Å². The lowest BCUT2D eigenvalue weighted by Crippen LogP contribution is -2.18. The lowest BCUT2D eigenvalue weighted by molar-refractivity contribution is -0.134. The van der Waals surface area contributed by atoms with Crippen molar-refractivity contribution in [2.45, 2.75) is 19.3 Å². The van der Waals surface area contributed by atoms with Crippen LogP contribution in [0.1, 0.15) is 24.0 Å². The number of hydrogen-bond acceptors (Lipinski definition) is 3. The molecule has 1 aromatic rings. The minimum Gasteiger partial charge on any atom is -0.478 e. The van der Waals surface area contributed by atoms with E-state index in [1.807, 2.05) is 6.07 Å². The molecule has 0 aliphatic carbocycles. The van der Waals surface area contributed by atoms with Crippen molar-refractivity contribution in [3.8, 4) is 0 Å². The smallest absolute Gasteiger partial charge is 0.328 e. The highest BCUT2D eigenvalue weighted by Gasteiger charge is 2.13. The first kappa shape index (κ1) is 17.2. The summed E-state index contributed by atoms with van der Waals surface area (Å²) in [5.74, 6) is -1.93. The molecular weight excluding hydrogens is 294 g/mol. The largest absolute Gasteiger partial charge is 0.478 e. The van der Waals surface area contributed by atoms with Gasteiger partial charge in [-0.15, -0.1) is 0 Å². The van der Waals surface area contributed by atoms with Crippen molar-refractivity contribution in [3.05, 3.63) is 46.5 Å². The van der Waals surface area contributed by atoms with E-state index in [1.165, 1.54) is 11.1 Å². The Balaban J connectivity index is 0.000000240. The van der Waals surface area contributed by atoms with Crippen LogP contribution in [0.4, 0.5) is 0 Å². The average molecular weight is 312 g/mol. The summed E-state index contributed by atoms with van der Waals surface area (Å²) in [6, 6.07) is 6.24. The molecular formula is C15H18ClNO4. The molecule has 1 atom stereocenters. The van der Waals surface area contributed by atoms with Crippen molar-refractivity contribution < 1.29 is 19.8 Å². The van der Waals surface area contributed by atoms with Crippen LogP contribution in [0.25, 0.3) is 0 Å². The molecule has 2 rings (SSSR count). The Kier molecular flexibility index (Phi) is 6.91. The van der Waals surface area contributed by atoms with Crippen LogP contribution in [0.3, 0.4) is 0 Å². The van der Waals surface area contributed by atoms with Crippen LogP contribution < -0.4 is 5.32 Å². The van der Waals surface area contributed by atoms with Gasteiger partial charge >= 0.3 is 11.9 Å². The zero-order chi connectivity index (χ0) is 15.8. The molecule has 6 heteroatoms. The Morgan fingerprint density at radius 3 is 2.48 bits per heavy atom. The third-order valence-electron chi connectivity index (χ3n) is 3.03. The summed E-state index contributed by atoms with van der Waals surface area (Å²) in [5.41, 5.74) is 2.86. The number of aliphatic carboxylic acids is 2. The van der Waals surface area contributed by atoms with Crippen molar-refractivity contribution in [2.75, 3.05) is 13.1 Å². The van der Waals surface area contributed by atoms with Gasteiger partial charge in [0.25, 0.3) is 0 Å².